The molecule has 0 radical (unpaired) electrons. The maximum absolute atomic E-state index is 13.4. The highest BCUT2D eigenvalue weighted by Gasteiger charge is 2.25. The van der Waals surface area contributed by atoms with E-state index in [4.69, 9.17) is 0 Å². The average Bonchev–Trinajstić information content (AvgIpc) is 2.89. The van der Waals surface area contributed by atoms with Gasteiger partial charge in [0.1, 0.15) is 12.0 Å². The van der Waals surface area contributed by atoms with E-state index in [2.05, 4.69) is 17.2 Å². The Balaban J connectivity index is 1.48. The fraction of sp³-hybridized carbons (Fsp3) is 0.222. The molecular weight excluding hydrogens is 466 g/mol. The number of hydrogen-bond acceptors (Lipinski definition) is 3. The lowest BCUT2D eigenvalue weighted by Crippen LogP contribution is -2.51. The molecule has 1 saturated heterocycles. The van der Waals surface area contributed by atoms with Crippen LogP contribution in [0.4, 0.5) is 25.0 Å². The minimum atomic E-state index is -1.27. The Kier molecular flexibility index (Phi) is 9.10. The lowest BCUT2D eigenvalue weighted by Gasteiger charge is -2.34. The molecule has 1 heterocycles. The van der Waals surface area contributed by atoms with E-state index >= 15 is 0 Å². The Hall–Kier alpha value is -4.27. The highest BCUT2D eigenvalue weighted by Crippen LogP contribution is 2.16. The van der Waals surface area contributed by atoms with Crippen LogP contribution in [0.25, 0.3) is 0 Å². The van der Waals surface area contributed by atoms with Crippen LogP contribution in [-0.4, -0.2) is 60.0 Å². The number of amides is 4. The molecule has 0 bridgehead atoms. The Bertz CT molecular complexity index is 1170. The van der Waals surface area contributed by atoms with Crippen LogP contribution >= 0.6 is 0 Å². The second-order valence-electron chi connectivity index (χ2n) is 8.17. The lowest BCUT2D eigenvalue weighted by atomic mass is 10.2. The molecule has 1 atom stereocenters. The molecule has 1 aliphatic rings. The van der Waals surface area contributed by atoms with Gasteiger partial charge in [-0.2, -0.15) is 0 Å². The number of allylic oxidation sites excluding steroid dienone is 4. The van der Waals surface area contributed by atoms with Gasteiger partial charge in [0.25, 0.3) is 11.8 Å². The number of nitrogens with one attached hydrogen (secondary N) is 2. The van der Waals surface area contributed by atoms with Crippen molar-refractivity contribution in [3.8, 4) is 0 Å². The van der Waals surface area contributed by atoms with Crippen molar-refractivity contribution in [3.05, 3.63) is 96.4 Å². The van der Waals surface area contributed by atoms with Crippen LogP contribution in [0.5, 0.6) is 0 Å². The summed E-state index contributed by atoms with van der Waals surface area (Å²) in [6.45, 7) is 6.33. The van der Waals surface area contributed by atoms with E-state index in [0.29, 0.717) is 43.1 Å². The van der Waals surface area contributed by atoms with Gasteiger partial charge in [-0.05, 0) is 55.5 Å². The van der Waals surface area contributed by atoms with Crippen molar-refractivity contribution in [1.29, 1.82) is 0 Å². The van der Waals surface area contributed by atoms with Crippen LogP contribution in [0.15, 0.2) is 85.0 Å². The Morgan fingerprint density at radius 3 is 2.19 bits per heavy atom. The number of nitrogens with zero attached hydrogens (tertiary/aromatic N) is 2. The standard InChI is InChI=1S/C27H28F2N4O3/c1-3-21(28)8-4-6-19(2)25(34)30-23-10-12-24(13-11-23)31-27(36)33-16-14-32(15-17-33)26(35)20-7-5-9-22(29)18-20/h3-13,18,21H,1,14-17H2,2H3,(H,30,34)(H,31,36)/b8-4?,19-6+. The van der Waals surface area contributed by atoms with Crippen molar-refractivity contribution in [2.24, 2.45) is 0 Å². The largest absolute Gasteiger partial charge is 0.335 e. The molecule has 4 amide bonds. The molecule has 7 nitrogen and oxygen atoms in total. The number of halogens is 2. The summed E-state index contributed by atoms with van der Waals surface area (Å²) < 4.78 is 26.5. The first-order chi connectivity index (χ1) is 17.3. The molecule has 0 aromatic heterocycles. The molecule has 2 aromatic carbocycles. The van der Waals surface area contributed by atoms with Crippen molar-refractivity contribution in [1.82, 2.24) is 9.80 Å². The van der Waals surface area contributed by atoms with Gasteiger partial charge in [0.05, 0.1) is 0 Å². The van der Waals surface area contributed by atoms with E-state index in [1.54, 1.807) is 47.1 Å². The highest BCUT2D eigenvalue weighted by atomic mass is 19.1. The number of piperazine rings is 1. The zero-order chi connectivity index (χ0) is 26.1. The minimum Gasteiger partial charge on any atom is -0.335 e. The third-order valence-corrected chi connectivity index (χ3v) is 5.54. The molecule has 0 spiro atoms. The van der Waals surface area contributed by atoms with Gasteiger partial charge in [0.2, 0.25) is 0 Å². The van der Waals surface area contributed by atoms with E-state index in [-0.39, 0.29) is 23.4 Å². The Morgan fingerprint density at radius 1 is 0.972 bits per heavy atom. The van der Waals surface area contributed by atoms with Gasteiger partial charge >= 0.3 is 6.03 Å². The predicted octanol–water partition coefficient (Wildman–Crippen LogP) is 4.78. The molecule has 36 heavy (non-hydrogen) atoms. The molecule has 2 aromatic rings. The van der Waals surface area contributed by atoms with Crippen molar-refractivity contribution in [2.45, 2.75) is 13.1 Å². The summed E-state index contributed by atoms with van der Waals surface area (Å²) in [5.74, 6) is -1.07. The number of carbonyl (C=O) groups is 3. The van der Waals surface area contributed by atoms with E-state index in [9.17, 15) is 23.2 Å². The molecule has 0 aliphatic carbocycles. The summed E-state index contributed by atoms with van der Waals surface area (Å²) >= 11 is 0. The summed E-state index contributed by atoms with van der Waals surface area (Å²) in [7, 11) is 0. The minimum absolute atomic E-state index is 0.267. The topological polar surface area (TPSA) is 81.8 Å². The average molecular weight is 495 g/mol. The van der Waals surface area contributed by atoms with Crippen molar-refractivity contribution >= 4 is 29.2 Å². The molecule has 0 saturated carbocycles. The van der Waals surface area contributed by atoms with Crippen LogP contribution in [0.3, 0.4) is 0 Å². The molecular formula is C27H28F2N4O3. The van der Waals surface area contributed by atoms with Gasteiger partial charge in [0.15, 0.2) is 0 Å². The fourth-order valence-corrected chi connectivity index (χ4v) is 3.45. The zero-order valence-corrected chi connectivity index (χ0v) is 19.9. The van der Waals surface area contributed by atoms with Gasteiger partial charge in [0, 0.05) is 48.7 Å². The first-order valence-corrected chi connectivity index (χ1v) is 11.4. The van der Waals surface area contributed by atoms with Crippen LogP contribution in [0.2, 0.25) is 0 Å². The monoisotopic (exact) mass is 494 g/mol. The van der Waals surface area contributed by atoms with Crippen molar-refractivity contribution in [2.75, 3.05) is 36.8 Å². The van der Waals surface area contributed by atoms with E-state index in [0.717, 1.165) is 6.08 Å². The summed E-state index contributed by atoms with van der Waals surface area (Å²) in [6, 6.07) is 11.9. The maximum Gasteiger partial charge on any atom is 0.321 e. The SMILES string of the molecule is C=CC(F)C=C/C=C(\C)C(=O)Nc1ccc(NC(=O)N2CCN(C(=O)c3cccc(F)c3)CC2)cc1. The zero-order valence-electron chi connectivity index (χ0n) is 19.9. The summed E-state index contributed by atoms with van der Waals surface area (Å²) in [5, 5.41) is 5.53. The normalized spacial score (nSPS) is 14.9. The third kappa shape index (κ3) is 7.36. The fourth-order valence-electron chi connectivity index (χ4n) is 3.45. The van der Waals surface area contributed by atoms with Crippen molar-refractivity contribution in [3.63, 3.8) is 0 Å². The van der Waals surface area contributed by atoms with E-state index in [1.807, 2.05) is 0 Å². The second-order valence-corrected chi connectivity index (χ2v) is 8.17. The molecule has 188 valence electrons. The first kappa shape index (κ1) is 26.3. The summed E-state index contributed by atoms with van der Waals surface area (Å²) in [4.78, 5) is 40.6. The van der Waals surface area contributed by atoms with Crippen LogP contribution in [-0.2, 0) is 4.79 Å². The molecule has 1 unspecified atom stereocenters. The molecule has 3 rings (SSSR count). The number of urea groups is 1. The number of anilines is 2. The van der Waals surface area contributed by atoms with Gasteiger partial charge in [-0.25, -0.2) is 13.6 Å². The van der Waals surface area contributed by atoms with Crippen LogP contribution in [0, 0.1) is 5.82 Å². The Morgan fingerprint density at radius 2 is 1.58 bits per heavy atom. The maximum atomic E-state index is 13.4. The number of rotatable bonds is 7. The number of hydrogen-bond donors (Lipinski definition) is 2. The summed E-state index contributed by atoms with van der Waals surface area (Å²) in [6.07, 6.45) is 4.12. The van der Waals surface area contributed by atoms with E-state index in [1.165, 1.54) is 36.4 Å². The lowest BCUT2D eigenvalue weighted by molar-refractivity contribution is -0.112. The van der Waals surface area contributed by atoms with Gasteiger partial charge in [-0.1, -0.05) is 30.9 Å². The quantitative estimate of drug-likeness (QED) is 0.330. The first-order valence-electron chi connectivity index (χ1n) is 11.4. The predicted molar refractivity (Wildman–Crippen MR) is 136 cm³/mol. The van der Waals surface area contributed by atoms with Crippen LogP contribution in [0.1, 0.15) is 17.3 Å². The molecule has 1 fully saturated rings. The highest BCUT2D eigenvalue weighted by molar-refractivity contribution is 6.03. The number of alkyl halides is 1. The number of carbonyl (C=O) groups excluding carboxylic acids is 3. The number of benzene rings is 2. The molecule has 2 N–H and O–H groups in total. The molecule has 9 heteroatoms. The second kappa shape index (κ2) is 12.4. The van der Waals surface area contributed by atoms with Gasteiger partial charge in [-0.15, -0.1) is 0 Å². The smallest absolute Gasteiger partial charge is 0.321 e. The van der Waals surface area contributed by atoms with Gasteiger partial charge < -0.3 is 20.4 Å². The van der Waals surface area contributed by atoms with E-state index < -0.39 is 12.0 Å². The van der Waals surface area contributed by atoms with Crippen LogP contribution < -0.4 is 10.6 Å². The van der Waals surface area contributed by atoms with Gasteiger partial charge in [-0.3, -0.25) is 9.59 Å². The Labute approximate surface area is 208 Å². The molecule has 1 aliphatic heterocycles. The third-order valence-electron chi connectivity index (χ3n) is 5.54. The van der Waals surface area contributed by atoms with Crippen molar-refractivity contribution < 1.29 is 23.2 Å². The summed E-state index contributed by atoms with van der Waals surface area (Å²) in [5.41, 5.74) is 1.76.